The van der Waals surface area contributed by atoms with Crippen LogP contribution in [0.3, 0.4) is 0 Å². The molecule has 0 spiro atoms. The molecule has 2 fully saturated rings. The Morgan fingerprint density at radius 1 is 1.48 bits per heavy atom. The van der Waals surface area contributed by atoms with Gasteiger partial charge in [0.2, 0.25) is 5.91 Å². The Bertz CT molecular complexity index is 570. The first-order valence-corrected chi connectivity index (χ1v) is 7.72. The molecule has 3 unspecified atom stereocenters. The highest BCUT2D eigenvalue weighted by Gasteiger charge is 2.71. The van der Waals surface area contributed by atoms with Crippen LogP contribution >= 0.6 is 0 Å². The monoisotopic (exact) mass is 288 g/mol. The Morgan fingerprint density at radius 2 is 2.24 bits per heavy atom. The third-order valence-electron chi connectivity index (χ3n) is 5.42. The average Bonchev–Trinajstić information content (AvgIpc) is 2.94. The molecule has 1 aromatic carbocycles. The number of fused-ring (bicyclic) bond motifs is 1. The number of ether oxygens (including phenoxy) is 1. The SMILES string of the molecule is CCc1cccc(NC(=O)C2(N)C3CCOC3C2(C)C)c1. The maximum Gasteiger partial charge on any atom is 0.245 e. The predicted octanol–water partition coefficient (Wildman–Crippen LogP) is 2.33. The molecule has 4 heteroatoms. The van der Waals surface area contributed by atoms with Crippen molar-refractivity contribution in [3.05, 3.63) is 29.8 Å². The van der Waals surface area contributed by atoms with Crippen molar-refractivity contribution in [2.75, 3.05) is 11.9 Å². The lowest BCUT2D eigenvalue weighted by atomic mass is 9.48. The first-order chi connectivity index (χ1) is 9.91. The summed E-state index contributed by atoms with van der Waals surface area (Å²) in [6.45, 7) is 6.86. The van der Waals surface area contributed by atoms with Crippen LogP contribution in [0, 0.1) is 11.3 Å². The largest absolute Gasteiger partial charge is 0.377 e. The van der Waals surface area contributed by atoms with Crippen molar-refractivity contribution < 1.29 is 9.53 Å². The Balaban J connectivity index is 1.81. The van der Waals surface area contributed by atoms with Gasteiger partial charge in [0.1, 0.15) is 5.54 Å². The van der Waals surface area contributed by atoms with Crippen LogP contribution in [0.25, 0.3) is 0 Å². The molecule has 21 heavy (non-hydrogen) atoms. The number of carbonyl (C=O) groups is 1. The summed E-state index contributed by atoms with van der Waals surface area (Å²) in [7, 11) is 0. The van der Waals surface area contributed by atoms with Crippen LogP contribution in [0.5, 0.6) is 0 Å². The standard InChI is InChI=1S/C17H24N2O2/c1-4-11-6-5-7-12(10-11)19-15(20)17(18)13-8-9-21-14(13)16(17,2)3/h5-7,10,13-14H,4,8-9,18H2,1-3H3,(H,19,20). The molecule has 1 aromatic rings. The van der Waals surface area contributed by atoms with Gasteiger partial charge in [-0.1, -0.05) is 32.9 Å². The van der Waals surface area contributed by atoms with Gasteiger partial charge in [-0.25, -0.2) is 0 Å². The van der Waals surface area contributed by atoms with Crippen molar-refractivity contribution in [1.82, 2.24) is 0 Å². The molecule has 3 rings (SSSR count). The van der Waals surface area contributed by atoms with E-state index in [1.54, 1.807) is 0 Å². The summed E-state index contributed by atoms with van der Waals surface area (Å²) >= 11 is 0. The number of hydrogen-bond acceptors (Lipinski definition) is 3. The second-order valence-electron chi connectivity index (χ2n) is 6.79. The highest BCUT2D eigenvalue weighted by atomic mass is 16.5. The molecule has 1 saturated heterocycles. The molecule has 114 valence electrons. The zero-order valence-electron chi connectivity index (χ0n) is 13.0. The molecule has 0 bridgehead atoms. The Hall–Kier alpha value is -1.39. The van der Waals surface area contributed by atoms with Gasteiger partial charge in [-0.3, -0.25) is 4.79 Å². The summed E-state index contributed by atoms with van der Waals surface area (Å²) in [6.07, 6.45) is 1.92. The van der Waals surface area contributed by atoms with Gasteiger partial charge in [-0.05, 0) is 30.5 Å². The second-order valence-corrected chi connectivity index (χ2v) is 6.79. The molecule has 1 saturated carbocycles. The average molecular weight is 288 g/mol. The smallest absolute Gasteiger partial charge is 0.245 e. The fourth-order valence-corrected chi connectivity index (χ4v) is 3.95. The van der Waals surface area contributed by atoms with Crippen molar-refractivity contribution in [3.8, 4) is 0 Å². The van der Waals surface area contributed by atoms with Gasteiger partial charge in [0.05, 0.1) is 6.10 Å². The lowest BCUT2D eigenvalue weighted by Gasteiger charge is -2.60. The number of anilines is 1. The van der Waals surface area contributed by atoms with Crippen molar-refractivity contribution in [2.24, 2.45) is 17.1 Å². The van der Waals surface area contributed by atoms with Crippen LogP contribution in [0.2, 0.25) is 0 Å². The lowest BCUT2D eigenvalue weighted by Crippen LogP contribution is -2.79. The summed E-state index contributed by atoms with van der Waals surface area (Å²) in [5.74, 6) is 0.0364. The molecule has 1 amide bonds. The lowest BCUT2D eigenvalue weighted by molar-refractivity contribution is -0.170. The van der Waals surface area contributed by atoms with Crippen LogP contribution in [0.15, 0.2) is 24.3 Å². The number of rotatable bonds is 3. The zero-order chi connectivity index (χ0) is 15.3. The summed E-state index contributed by atoms with van der Waals surface area (Å²) in [5.41, 5.74) is 7.38. The summed E-state index contributed by atoms with van der Waals surface area (Å²) in [5, 5.41) is 3.01. The maximum absolute atomic E-state index is 12.8. The molecule has 3 N–H and O–H groups in total. The van der Waals surface area contributed by atoms with Crippen LogP contribution in [0.4, 0.5) is 5.69 Å². The molecule has 0 radical (unpaired) electrons. The second kappa shape index (κ2) is 4.82. The Labute approximate surface area is 126 Å². The van der Waals surface area contributed by atoms with Gasteiger partial charge in [0, 0.05) is 23.6 Å². The molecule has 0 aromatic heterocycles. The number of hydrogen-bond donors (Lipinski definition) is 2. The summed E-state index contributed by atoms with van der Waals surface area (Å²) in [4.78, 5) is 12.8. The van der Waals surface area contributed by atoms with Gasteiger partial charge >= 0.3 is 0 Å². The van der Waals surface area contributed by atoms with E-state index in [4.69, 9.17) is 10.5 Å². The Kier molecular flexibility index (Phi) is 3.34. The van der Waals surface area contributed by atoms with Gasteiger partial charge in [-0.2, -0.15) is 0 Å². The Morgan fingerprint density at radius 3 is 2.95 bits per heavy atom. The normalized spacial score (nSPS) is 33.1. The van der Waals surface area contributed by atoms with E-state index < -0.39 is 5.54 Å². The molecule has 1 aliphatic heterocycles. The number of aryl methyl sites for hydroxylation is 1. The summed E-state index contributed by atoms with van der Waals surface area (Å²) in [6, 6.07) is 7.94. The first-order valence-electron chi connectivity index (χ1n) is 7.72. The van der Waals surface area contributed by atoms with Crippen LogP contribution < -0.4 is 11.1 Å². The van der Waals surface area contributed by atoms with Gasteiger partial charge < -0.3 is 15.8 Å². The van der Waals surface area contributed by atoms with Crippen LogP contribution in [0.1, 0.15) is 32.8 Å². The molecular weight excluding hydrogens is 264 g/mol. The first kappa shape index (κ1) is 14.5. The van der Waals surface area contributed by atoms with E-state index in [-0.39, 0.29) is 23.3 Å². The van der Waals surface area contributed by atoms with Gasteiger partial charge in [0.25, 0.3) is 0 Å². The highest BCUT2D eigenvalue weighted by Crippen LogP contribution is 2.58. The van der Waals surface area contributed by atoms with Crippen molar-refractivity contribution in [3.63, 3.8) is 0 Å². The van der Waals surface area contributed by atoms with Crippen molar-refractivity contribution >= 4 is 11.6 Å². The highest BCUT2D eigenvalue weighted by molar-refractivity contribution is 6.00. The molecule has 4 nitrogen and oxygen atoms in total. The number of amides is 1. The fourth-order valence-electron chi connectivity index (χ4n) is 3.95. The van der Waals surface area contributed by atoms with E-state index in [0.29, 0.717) is 6.61 Å². The van der Waals surface area contributed by atoms with E-state index >= 15 is 0 Å². The van der Waals surface area contributed by atoms with Gasteiger partial charge in [-0.15, -0.1) is 0 Å². The topological polar surface area (TPSA) is 64.4 Å². The maximum atomic E-state index is 12.8. The minimum Gasteiger partial charge on any atom is -0.377 e. The van der Waals surface area contributed by atoms with Crippen molar-refractivity contribution in [2.45, 2.75) is 45.3 Å². The van der Waals surface area contributed by atoms with Crippen LogP contribution in [-0.4, -0.2) is 24.2 Å². The van der Waals surface area contributed by atoms with Crippen molar-refractivity contribution in [1.29, 1.82) is 0 Å². The fraction of sp³-hybridized carbons (Fsp3) is 0.588. The molecule has 1 aliphatic carbocycles. The number of nitrogens with two attached hydrogens (primary N) is 1. The molecule has 1 heterocycles. The van der Waals surface area contributed by atoms with E-state index in [2.05, 4.69) is 18.3 Å². The minimum absolute atomic E-state index is 0.0903. The quantitative estimate of drug-likeness (QED) is 0.897. The van der Waals surface area contributed by atoms with E-state index in [9.17, 15) is 4.79 Å². The minimum atomic E-state index is -0.851. The molecular formula is C17H24N2O2. The van der Waals surface area contributed by atoms with E-state index in [0.717, 1.165) is 18.5 Å². The number of benzene rings is 1. The van der Waals surface area contributed by atoms with Gasteiger partial charge in [0.15, 0.2) is 0 Å². The third kappa shape index (κ3) is 1.93. The third-order valence-corrected chi connectivity index (χ3v) is 5.42. The molecule has 3 atom stereocenters. The van der Waals surface area contributed by atoms with Crippen LogP contribution in [-0.2, 0) is 16.0 Å². The molecule has 2 aliphatic rings. The summed E-state index contributed by atoms with van der Waals surface area (Å²) < 4.78 is 5.74. The zero-order valence-corrected chi connectivity index (χ0v) is 13.0. The van der Waals surface area contributed by atoms with E-state index in [1.165, 1.54) is 5.56 Å². The predicted molar refractivity (Wildman–Crippen MR) is 83.0 cm³/mol. The number of nitrogens with one attached hydrogen (secondary N) is 1. The van der Waals surface area contributed by atoms with E-state index in [1.807, 2.05) is 32.0 Å². The number of carbonyl (C=O) groups excluding carboxylic acids is 1.